The molecule has 3 aromatic rings. The highest BCUT2D eigenvalue weighted by Crippen LogP contribution is 2.31. The van der Waals surface area contributed by atoms with E-state index in [0.717, 1.165) is 52.7 Å². The summed E-state index contributed by atoms with van der Waals surface area (Å²) in [6.07, 6.45) is 4.47. The Morgan fingerprint density at radius 2 is 1.63 bits per heavy atom. The minimum atomic E-state index is 0.685. The number of hydrogen-bond acceptors (Lipinski definition) is 5. The van der Waals surface area contributed by atoms with Crippen molar-refractivity contribution in [2.24, 2.45) is 9.98 Å². The number of unbranched alkanes of at least 4 members (excludes halogenated alkanes) is 1. The SMILES string of the molecule is CCCCN(CC)c1ccc(C=C2N=C(c3ccccc3)N=C2c2cc(OC)ccc2OC)cc1. The number of aliphatic imine (C=N–C) groups is 2. The maximum Gasteiger partial charge on any atom is 0.160 e. The van der Waals surface area contributed by atoms with Crippen molar-refractivity contribution in [2.45, 2.75) is 26.7 Å². The number of hydrogen-bond donors (Lipinski definition) is 0. The molecule has 0 radical (unpaired) electrons. The van der Waals surface area contributed by atoms with Crippen molar-refractivity contribution in [3.63, 3.8) is 0 Å². The molecule has 180 valence electrons. The van der Waals surface area contributed by atoms with Crippen LogP contribution in [0, 0.1) is 0 Å². The lowest BCUT2D eigenvalue weighted by Crippen LogP contribution is -2.23. The summed E-state index contributed by atoms with van der Waals surface area (Å²) >= 11 is 0. The van der Waals surface area contributed by atoms with Crippen LogP contribution >= 0.6 is 0 Å². The van der Waals surface area contributed by atoms with Crippen molar-refractivity contribution < 1.29 is 9.47 Å². The molecular formula is C30H33N3O2. The number of rotatable bonds is 10. The van der Waals surface area contributed by atoms with Gasteiger partial charge in [-0.15, -0.1) is 0 Å². The van der Waals surface area contributed by atoms with Crippen LogP contribution in [0.1, 0.15) is 43.4 Å². The zero-order valence-corrected chi connectivity index (χ0v) is 21.0. The van der Waals surface area contributed by atoms with Crippen LogP contribution < -0.4 is 14.4 Å². The van der Waals surface area contributed by atoms with E-state index >= 15 is 0 Å². The molecule has 5 heteroatoms. The Hall–Kier alpha value is -3.86. The average Bonchev–Trinajstić information content (AvgIpc) is 3.33. The summed E-state index contributed by atoms with van der Waals surface area (Å²) in [4.78, 5) is 12.3. The lowest BCUT2D eigenvalue weighted by atomic mass is 10.0. The van der Waals surface area contributed by atoms with Gasteiger partial charge in [-0.05, 0) is 55.3 Å². The van der Waals surface area contributed by atoms with Gasteiger partial charge >= 0.3 is 0 Å². The van der Waals surface area contributed by atoms with Gasteiger partial charge < -0.3 is 14.4 Å². The number of nitrogens with zero attached hydrogens (tertiary/aromatic N) is 3. The molecule has 0 unspecified atom stereocenters. The standard InChI is InChI=1S/C30H33N3O2/c1-5-7-19-33(6-2)24-15-13-22(14-16-24)20-27-29(26-21-25(34-3)17-18-28(26)35-4)32-30(31-27)23-11-9-8-10-12-23/h8-18,20-21H,5-7,19H2,1-4H3. The van der Waals surface area contributed by atoms with Crippen LogP contribution in [0.4, 0.5) is 5.69 Å². The van der Waals surface area contributed by atoms with Gasteiger partial charge in [0.15, 0.2) is 5.84 Å². The molecule has 0 amide bonds. The maximum atomic E-state index is 5.66. The summed E-state index contributed by atoms with van der Waals surface area (Å²) in [6.45, 7) is 6.50. The molecule has 0 N–H and O–H groups in total. The van der Waals surface area contributed by atoms with E-state index in [2.05, 4.69) is 49.1 Å². The molecule has 5 nitrogen and oxygen atoms in total. The van der Waals surface area contributed by atoms with Crippen LogP contribution in [0.3, 0.4) is 0 Å². The molecule has 1 aliphatic rings. The van der Waals surface area contributed by atoms with Crippen LogP contribution in [0.5, 0.6) is 11.5 Å². The monoisotopic (exact) mass is 467 g/mol. The maximum absolute atomic E-state index is 5.66. The fourth-order valence-corrected chi connectivity index (χ4v) is 4.13. The average molecular weight is 468 g/mol. The zero-order valence-electron chi connectivity index (χ0n) is 21.0. The minimum Gasteiger partial charge on any atom is -0.497 e. The molecule has 1 heterocycles. The van der Waals surface area contributed by atoms with Gasteiger partial charge in [0.1, 0.15) is 17.2 Å². The summed E-state index contributed by atoms with van der Waals surface area (Å²) in [7, 11) is 3.33. The molecule has 4 rings (SSSR count). The van der Waals surface area contributed by atoms with Crippen molar-refractivity contribution in [3.05, 3.63) is 95.2 Å². The summed E-state index contributed by atoms with van der Waals surface area (Å²) < 4.78 is 11.1. The molecule has 0 saturated carbocycles. The largest absolute Gasteiger partial charge is 0.497 e. The smallest absolute Gasteiger partial charge is 0.160 e. The Kier molecular flexibility index (Phi) is 7.99. The van der Waals surface area contributed by atoms with Crippen molar-refractivity contribution in [1.82, 2.24) is 0 Å². The van der Waals surface area contributed by atoms with Crippen LogP contribution in [-0.4, -0.2) is 38.9 Å². The molecule has 0 bridgehead atoms. The summed E-state index contributed by atoms with van der Waals surface area (Å²) in [5.74, 6) is 2.15. The van der Waals surface area contributed by atoms with Gasteiger partial charge in [-0.25, -0.2) is 9.98 Å². The number of methoxy groups -OCH3 is 2. The molecular weight excluding hydrogens is 434 g/mol. The Bertz CT molecular complexity index is 1230. The van der Waals surface area contributed by atoms with Crippen molar-refractivity contribution in [2.75, 3.05) is 32.2 Å². The van der Waals surface area contributed by atoms with E-state index in [9.17, 15) is 0 Å². The van der Waals surface area contributed by atoms with Crippen molar-refractivity contribution >= 4 is 23.3 Å². The van der Waals surface area contributed by atoms with E-state index in [0.29, 0.717) is 5.84 Å². The van der Waals surface area contributed by atoms with Gasteiger partial charge in [0.25, 0.3) is 0 Å². The highest BCUT2D eigenvalue weighted by atomic mass is 16.5. The first kappa shape index (κ1) is 24.3. The van der Waals surface area contributed by atoms with Crippen molar-refractivity contribution in [1.29, 1.82) is 0 Å². The first-order valence-corrected chi connectivity index (χ1v) is 12.2. The van der Waals surface area contributed by atoms with Crippen LogP contribution in [0.15, 0.2) is 88.5 Å². The molecule has 0 aromatic heterocycles. The fourth-order valence-electron chi connectivity index (χ4n) is 4.13. The number of ether oxygens (including phenoxy) is 2. The van der Waals surface area contributed by atoms with Crippen LogP contribution in [0.25, 0.3) is 6.08 Å². The third-order valence-electron chi connectivity index (χ3n) is 6.11. The second-order valence-corrected chi connectivity index (χ2v) is 8.38. The van der Waals surface area contributed by atoms with Crippen molar-refractivity contribution in [3.8, 4) is 11.5 Å². The summed E-state index contributed by atoms with van der Waals surface area (Å²) in [5.41, 5.74) is 5.69. The third-order valence-corrected chi connectivity index (χ3v) is 6.11. The number of benzene rings is 3. The van der Waals surface area contributed by atoms with Gasteiger partial charge in [-0.2, -0.15) is 0 Å². The van der Waals surface area contributed by atoms with E-state index in [4.69, 9.17) is 19.5 Å². The van der Waals surface area contributed by atoms with Gasteiger partial charge in [-0.3, -0.25) is 0 Å². The molecule has 0 saturated heterocycles. The van der Waals surface area contributed by atoms with Gasteiger partial charge in [0.2, 0.25) is 0 Å². The lowest BCUT2D eigenvalue weighted by Gasteiger charge is -2.23. The highest BCUT2D eigenvalue weighted by Gasteiger charge is 2.23. The lowest BCUT2D eigenvalue weighted by molar-refractivity contribution is 0.402. The summed E-state index contributed by atoms with van der Waals surface area (Å²) in [5, 5.41) is 0. The topological polar surface area (TPSA) is 46.4 Å². The molecule has 35 heavy (non-hydrogen) atoms. The number of amidine groups is 1. The normalized spacial score (nSPS) is 14.0. The molecule has 0 spiro atoms. The van der Waals surface area contributed by atoms with Crippen LogP contribution in [0.2, 0.25) is 0 Å². The number of anilines is 1. The Morgan fingerprint density at radius 3 is 2.29 bits per heavy atom. The second kappa shape index (κ2) is 11.5. The van der Waals surface area contributed by atoms with Gasteiger partial charge in [0.05, 0.1) is 19.9 Å². The Labute approximate surface area is 208 Å². The fraction of sp³-hybridized carbons (Fsp3) is 0.267. The Balaban J connectivity index is 1.74. The summed E-state index contributed by atoms with van der Waals surface area (Å²) in [6, 6.07) is 24.4. The van der Waals surface area contributed by atoms with E-state index in [1.807, 2.05) is 48.5 Å². The van der Waals surface area contributed by atoms with E-state index in [-0.39, 0.29) is 0 Å². The minimum absolute atomic E-state index is 0.685. The number of allylic oxidation sites excluding steroid dienone is 1. The van der Waals surface area contributed by atoms with Gasteiger partial charge in [0, 0.05) is 29.9 Å². The second-order valence-electron chi connectivity index (χ2n) is 8.38. The molecule has 0 fully saturated rings. The van der Waals surface area contributed by atoms with E-state index in [1.165, 1.54) is 18.5 Å². The molecule has 1 aliphatic heterocycles. The first-order chi connectivity index (χ1) is 17.2. The quantitative estimate of drug-likeness (QED) is 0.337. The zero-order chi connectivity index (χ0) is 24.6. The first-order valence-electron chi connectivity index (χ1n) is 12.2. The van der Waals surface area contributed by atoms with Gasteiger partial charge in [-0.1, -0.05) is 55.8 Å². The predicted octanol–water partition coefficient (Wildman–Crippen LogP) is 6.62. The molecule has 0 aliphatic carbocycles. The Morgan fingerprint density at radius 1 is 0.857 bits per heavy atom. The van der Waals surface area contributed by atoms with E-state index in [1.54, 1.807) is 14.2 Å². The van der Waals surface area contributed by atoms with E-state index < -0.39 is 0 Å². The highest BCUT2D eigenvalue weighted by molar-refractivity contribution is 6.26. The predicted molar refractivity (Wildman–Crippen MR) is 146 cm³/mol. The molecule has 3 aromatic carbocycles. The molecule has 0 atom stereocenters. The third kappa shape index (κ3) is 5.62. The van der Waals surface area contributed by atoms with Crippen LogP contribution in [-0.2, 0) is 0 Å².